The Morgan fingerprint density at radius 3 is 2.95 bits per heavy atom. The van der Waals surface area contributed by atoms with E-state index in [1.807, 2.05) is 36.0 Å². The first-order valence-corrected chi connectivity index (χ1v) is 8.68. The van der Waals surface area contributed by atoms with Gasteiger partial charge in [0.1, 0.15) is 5.69 Å². The van der Waals surface area contributed by atoms with Crippen molar-refractivity contribution in [3.63, 3.8) is 0 Å². The SMILES string of the molecule is CSC1CCCCC1NC(=O)c1cc2cc(N)ccc2[nH]1. The summed E-state index contributed by atoms with van der Waals surface area (Å²) < 4.78 is 0. The highest BCUT2D eigenvalue weighted by Gasteiger charge is 2.26. The third-order valence-electron chi connectivity index (χ3n) is 4.21. The lowest BCUT2D eigenvalue weighted by Gasteiger charge is -2.30. The molecule has 0 saturated heterocycles. The van der Waals surface area contributed by atoms with Crippen LogP contribution in [0.15, 0.2) is 24.3 Å². The maximum atomic E-state index is 12.4. The Bertz CT molecular complexity index is 652. The minimum atomic E-state index is -0.0179. The van der Waals surface area contributed by atoms with Gasteiger partial charge in [0.15, 0.2) is 0 Å². The van der Waals surface area contributed by atoms with Crippen LogP contribution in [0.25, 0.3) is 10.9 Å². The predicted octanol–water partition coefficient (Wildman–Crippen LogP) is 3.15. The highest BCUT2D eigenvalue weighted by Crippen LogP contribution is 2.27. The number of anilines is 1. The molecule has 0 radical (unpaired) electrons. The zero-order chi connectivity index (χ0) is 14.8. The fourth-order valence-corrected chi connectivity index (χ4v) is 4.00. The second kappa shape index (κ2) is 6.02. The smallest absolute Gasteiger partial charge is 0.267 e. The number of nitrogens with two attached hydrogens (primary N) is 1. The molecule has 1 aliphatic rings. The highest BCUT2D eigenvalue weighted by atomic mass is 32.2. The first kappa shape index (κ1) is 14.3. The molecule has 4 nitrogen and oxygen atoms in total. The number of rotatable bonds is 3. The van der Waals surface area contributed by atoms with Crippen LogP contribution in [0, 0.1) is 0 Å². The number of hydrogen-bond acceptors (Lipinski definition) is 3. The van der Waals surface area contributed by atoms with Crippen LogP contribution in [0.5, 0.6) is 0 Å². The molecule has 1 amide bonds. The molecule has 1 fully saturated rings. The van der Waals surface area contributed by atoms with E-state index in [1.165, 1.54) is 19.3 Å². The van der Waals surface area contributed by atoms with Crippen LogP contribution in [0.3, 0.4) is 0 Å². The van der Waals surface area contributed by atoms with Gasteiger partial charge in [0, 0.05) is 27.9 Å². The van der Waals surface area contributed by atoms with Gasteiger partial charge < -0.3 is 16.0 Å². The summed E-state index contributed by atoms with van der Waals surface area (Å²) in [7, 11) is 0. The minimum Gasteiger partial charge on any atom is -0.399 e. The zero-order valence-electron chi connectivity index (χ0n) is 12.2. The minimum absolute atomic E-state index is 0.0179. The van der Waals surface area contributed by atoms with Crippen LogP contribution >= 0.6 is 11.8 Å². The van der Waals surface area contributed by atoms with E-state index in [2.05, 4.69) is 16.6 Å². The van der Waals surface area contributed by atoms with E-state index in [1.54, 1.807) is 0 Å². The van der Waals surface area contributed by atoms with Crippen LogP contribution in [-0.4, -0.2) is 28.4 Å². The Morgan fingerprint density at radius 1 is 1.33 bits per heavy atom. The van der Waals surface area contributed by atoms with Gasteiger partial charge in [0.25, 0.3) is 5.91 Å². The number of amides is 1. The molecular formula is C16H21N3OS. The van der Waals surface area contributed by atoms with Gasteiger partial charge in [-0.15, -0.1) is 0 Å². The number of nitrogen functional groups attached to an aromatic ring is 1. The number of thioether (sulfide) groups is 1. The molecule has 112 valence electrons. The summed E-state index contributed by atoms with van der Waals surface area (Å²) in [4.78, 5) is 15.6. The number of benzene rings is 1. The summed E-state index contributed by atoms with van der Waals surface area (Å²) in [6.45, 7) is 0. The molecule has 0 aliphatic heterocycles. The van der Waals surface area contributed by atoms with E-state index in [9.17, 15) is 4.79 Å². The van der Waals surface area contributed by atoms with Crippen molar-refractivity contribution in [2.45, 2.75) is 37.0 Å². The topological polar surface area (TPSA) is 70.9 Å². The first-order chi connectivity index (χ1) is 10.2. The average Bonchev–Trinajstić information content (AvgIpc) is 2.91. The van der Waals surface area contributed by atoms with E-state index in [4.69, 9.17) is 5.73 Å². The van der Waals surface area contributed by atoms with Gasteiger partial charge in [-0.1, -0.05) is 12.8 Å². The van der Waals surface area contributed by atoms with E-state index < -0.39 is 0 Å². The molecule has 5 heteroatoms. The van der Waals surface area contributed by atoms with Crippen molar-refractivity contribution in [3.8, 4) is 0 Å². The maximum Gasteiger partial charge on any atom is 0.267 e. The summed E-state index contributed by atoms with van der Waals surface area (Å²) in [5, 5.41) is 4.70. The quantitative estimate of drug-likeness (QED) is 0.763. The molecule has 2 unspecified atom stereocenters. The van der Waals surface area contributed by atoms with Crippen molar-refractivity contribution in [2.24, 2.45) is 0 Å². The fraction of sp³-hybridized carbons (Fsp3) is 0.438. The lowest BCUT2D eigenvalue weighted by atomic mass is 9.95. The standard InChI is InChI=1S/C16H21N3OS/c1-21-15-5-3-2-4-13(15)19-16(20)14-9-10-8-11(17)6-7-12(10)18-14/h6-9,13,15,18H,2-5,17H2,1H3,(H,19,20). The summed E-state index contributed by atoms with van der Waals surface area (Å²) in [5.41, 5.74) is 8.04. The molecular weight excluding hydrogens is 282 g/mol. The van der Waals surface area contributed by atoms with Gasteiger partial charge in [-0.05, 0) is 43.4 Å². The lowest BCUT2D eigenvalue weighted by Crippen LogP contribution is -2.43. The number of H-pyrrole nitrogens is 1. The molecule has 1 heterocycles. The second-order valence-corrected chi connectivity index (χ2v) is 6.75. The summed E-state index contributed by atoms with van der Waals surface area (Å²) in [6, 6.07) is 7.78. The molecule has 0 bridgehead atoms. The lowest BCUT2D eigenvalue weighted by molar-refractivity contribution is 0.0925. The molecule has 3 rings (SSSR count). The Morgan fingerprint density at radius 2 is 2.14 bits per heavy atom. The normalized spacial score (nSPS) is 22.3. The zero-order valence-corrected chi connectivity index (χ0v) is 13.0. The van der Waals surface area contributed by atoms with Gasteiger partial charge in [-0.25, -0.2) is 0 Å². The molecule has 0 spiro atoms. The van der Waals surface area contributed by atoms with Crippen molar-refractivity contribution in [2.75, 3.05) is 12.0 Å². The third kappa shape index (κ3) is 3.02. The highest BCUT2D eigenvalue weighted by molar-refractivity contribution is 7.99. The van der Waals surface area contributed by atoms with Crippen molar-refractivity contribution >= 4 is 34.3 Å². The maximum absolute atomic E-state index is 12.4. The predicted molar refractivity (Wildman–Crippen MR) is 89.7 cm³/mol. The van der Waals surface area contributed by atoms with Crippen molar-refractivity contribution < 1.29 is 4.79 Å². The van der Waals surface area contributed by atoms with Crippen LogP contribution in [0.4, 0.5) is 5.69 Å². The third-order valence-corrected chi connectivity index (χ3v) is 5.38. The van der Waals surface area contributed by atoms with Gasteiger partial charge in [0.2, 0.25) is 0 Å². The Labute approximate surface area is 128 Å². The number of aromatic amines is 1. The van der Waals surface area contributed by atoms with Crippen LogP contribution in [0.1, 0.15) is 36.2 Å². The van der Waals surface area contributed by atoms with Gasteiger partial charge in [0.05, 0.1) is 0 Å². The number of nitrogens with one attached hydrogen (secondary N) is 2. The first-order valence-electron chi connectivity index (χ1n) is 7.39. The van der Waals surface area contributed by atoms with E-state index in [0.29, 0.717) is 16.6 Å². The average molecular weight is 303 g/mol. The van der Waals surface area contributed by atoms with Crippen LogP contribution < -0.4 is 11.1 Å². The molecule has 1 saturated carbocycles. The molecule has 2 aromatic rings. The Hall–Kier alpha value is -1.62. The summed E-state index contributed by atoms with van der Waals surface area (Å²) >= 11 is 1.86. The van der Waals surface area contributed by atoms with Gasteiger partial charge in [-0.2, -0.15) is 11.8 Å². The van der Waals surface area contributed by atoms with E-state index >= 15 is 0 Å². The molecule has 2 atom stereocenters. The van der Waals surface area contributed by atoms with Crippen molar-refractivity contribution in [1.29, 1.82) is 0 Å². The molecule has 21 heavy (non-hydrogen) atoms. The number of fused-ring (bicyclic) bond motifs is 1. The fourth-order valence-electron chi connectivity index (χ4n) is 3.06. The number of hydrogen-bond donors (Lipinski definition) is 3. The molecule has 1 aromatic heterocycles. The van der Waals surface area contributed by atoms with E-state index in [0.717, 1.165) is 17.3 Å². The Kier molecular flexibility index (Phi) is 4.10. The molecule has 1 aliphatic carbocycles. The van der Waals surface area contributed by atoms with Crippen LogP contribution in [-0.2, 0) is 0 Å². The number of aromatic nitrogens is 1. The Balaban J connectivity index is 1.77. The monoisotopic (exact) mass is 303 g/mol. The van der Waals surface area contributed by atoms with Gasteiger partial charge in [-0.3, -0.25) is 4.79 Å². The number of carbonyl (C=O) groups is 1. The van der Waals surface area contributed by atoms with Gasteiger partial charge >= 0.3 is 0 Å². The number of carbonyl (C=O) groups excluding carboxylic acids is 1. The van der Waals surface area contributed by atoms with Crippen molar-refractivity contribution in [3.05, 3.63) is 30.0 Å². The van der Waals surface area contributed by atoms with Crippen LogP contribution in [0.2, 0.25) is 0 Å². The molecule has 4 N–H and O–H groups in total. The second-order valence-electron chi connectivity index (χ2n) is 5.67. The summed E-state index contributed by atoms with van der Waals surface area (Å²) in [6.07, 6.45) is 6.86. The molecule has 1 aromatic carbocycles. The largest absolute Gasteiger partial charge is 0.399 e. The van der Waals surface area contributed by atoms with Crippen molar-refractivity contribution in [1.82, 2.24) is 10.3 Å². The van der Waals surface area contributed by atoms with E-state index in [-0.39, 0.29) is 11.9 Å². The summed E-state index contributed by atoms with van der Waals surface area (Å²) in [5.74, 6) is -0.0179.